The summed E-state index contributed by atoms with van der Waals surface area (Å²) in [6, 6.07) is 11.6. The van der Waals surface area contributed by atoms with Crippen molar-refractivity contribution in [3.63, 3.8) is 0 Å². The van der Waals surface area contributed by atoms with E-state index in [-0.39, 0.29) is 18.2 Å². The molecule has 1 atom stereocenters. The summed E-state index contributed by atoms with van der Waals surface area (Å²) in [6.45, 7) is -0.179. The number of rotatable bonds is 7. The largest absolute Gasteiger partial charge is 0.447 e. The summed E-state index contributed by atoms with van der Waals surface area (Å²) in [5.74, 6) is 0.388. The molecule has 0 saturated carbocycles. The minimum atomic E-state index is -3.81. The zero-order chi connectivity index (χ0) is 15.3. The van der Waals surface area contributed by atoms with Crippen LogP contribution in [0.1, 0.15) is 11.3 Å². The molecule has 4 N–H and O–H groups in total. The smallest absolute Gasteiger partial charge is 0.274 e. The van der Waals surface area contributed by atoms with Gasteiger partial charge in [-0.25, -0.2) is 13.1 Å². The third-order valence-electron chi connectivity index (χ3n) is 2.97. The molecule has 0 radical (unpaired) electrons. The Balaban J connectivity index is 2.10. The summed E-state index contributed by atoms with van der Waals surface area (Å²) in [4.78, 5) is 0. The number of sulfonamides is 1. The van der Waals surface area contributed by atoms with Crippen LogP contribution in [0.25, 0.3) is 0 Å². The van der Waals surface area contributed by atoms with Crippen LogP contribution in [0.15, 0.2) is 52.0 Å². The molecule has 6 nitrogen and oxygen atoms in total. The number of aliphatic hydroxyl groups excluding tert-OH is 1. The average Bonchev–Trinajstić information content (AvgIpc) is 2.97. The Hall–Kier alpha value is -1.67. The molecular formula is C14H18N2O4S. The first kappa shape index (κ1) is 15.7. The Bertz CT molecular complexity index is 667. The number of benzene rings is 1. The molecule has 0 aliphatic rings. The van der Waals surface area contributed by atoms with Gasteiger partial charge in [0, 0.05) is 6.04 Å². The van der Waals surface area contributed by atoms with Crippen LogP contribution in [0.2, 0.25) is 0 Å². The fraction of sp³-hybridized carbons (Fsp3) is 0.286. The van der Waals surface area contributed by atoms with Crippen molar-refractivity contribution in [3.05, 3.63) is 53.8 Å². The number of hydrogen-bond donors (Lipinski definition) is 3. The van der Waals surface area contributed by atoms with Crippen LogP contribution >= 0.6 is 0 Å². The number of hydrogen-bond acceptors (Lipinski definition) is 5. The van der Waals surface area contributed by atoms with Gasteiger partial charge in [0.2, 0.25) is 5.09 Å². The highest BCUT2D eigenvalue weighted by molar-refractivity contribution is 7.89. The first-order valence-electron chi connectivity index (χ1n) is 6.51. The molecule has 0 bridgehead atoms. The lowest BCUT2D eigenvalue weighted by Gasteiger charge is -2.15. The van der Waals surface area contributed by atoms with Crippen LogP contribution in [0.4, 0.5) is 0 Å². The van der Waals surface area contributed by atoms with Crippen molar-refractivity contribution < 1.29 is 17.9 Å². The monoisotopic (exact) mass is 310 g/mol. The second-order valence-electron chi connectivity index (χ2n) is 4.62. The normalized spacial score (nSPS) is 13.2. The van der Waals surface area contributed by atoms with Crippen molar-refractivity contribution in [1.29, 1.82) is 0 Å². The van der Waals surface area contributed by atoms with Crippen LogP contribution in [-0.2, 0) is 23.0 Å². The van der Waals surface area contributed by atoms with E-state index in [9.17, 15) is 13.5 Å². The third-order valence-corrected chi connectivity index (χ3v) is 4.36. The van der Waals surface area contributed by atoms with E-state index >= 15 is 0 Å². The van der Waals surface area contributed by atoms with E-state index in [1.54, 1.807) is 0 Å². The van der Waals surface area contributed by atoms with Crippen LogP contribution in [0, 0.1) is 0 Å². The molecule has 1 aromatic heterocycles. The maximum atomic E-state index is 12.2. The molecule has 21 heavy (non-hydrogen) atoms. The zero-order valence-corrected chi connectivity index (χ0v) is 12.2. The molecule has 0 fully saturated rings. The summed E-state index contributed by atoms with van der Waals surface area (Å²) in [7, 11) is -3.81. The van der Waals surface area contributed by atoms with E-state index in [2.05, 4.69) is 4.72 Å². The number of furan rings is 1. The van der Waals surface area contributed by atoms with E-state index in [1.807, 2.05) is 30.3 Å². The first-order valence-corrected chi connectivity index (χ1v) is 7.99. The van der Waals surface area contributed by atoms with Gasteiger partial charge in [-0.1, -0.05) is 30.3 Å². The predicted octanol–water partition coefficient (Wildman–Crippen LogP) is 0.620. The van der Waals surface area contributed by atoms with Crippen molar-refractivity contribution in [2.45, 2.75) is 24.1 Å². The van der Waals surface area contributed by atoms with E-state index in [0.29, 0.717) is 12.2 Å². The number of nitrogens with two attached hydrogens (primary N) is 1. The fourth-order valence-electron chi connectivity index (χ4n) is 1.93. The molecule has 2 aromatic rings. The lowest BCUT2D eigenvalue weighted by atomic mass is 10.1. The number of nitrogens with one attached hydrogen (secondary N) is 1. The van der Waals surface area contributed by atoms with Gasteiger partial charge in [0.15, 0.2) is 0 Å². The second kappa shape index (κ2) is 6.86. The number of aliphatic hydroxyl groups is 1. The molecule has 0 amide bonds. The quantitative estimate of drug-likeness (QED) is 0.695. The Morgan fingerprint density at radius 2 is 1.90 bits per heavy atom. The molecule has 1 aromatic carbocycles. The highest BCUT2D eigenvalue weighted by Gasteiger charge is 2.23. The van der Waals surface area contributed by atoms with Gasteiger partial charge in [-0.05, 0) is 24.1 Å². The molecule has 7 heteroatoms. The molecule has 114 valence electrons. The van der Waals surface area contributed by atoms with Crippen molar-refractivity contribution in [1.82, 2.24) is 4.72 Å². The third kappa shape index (κ3) is 4.15. The molecule has 0 aliphatic carbocycles. The van der Waals surface area contributed by atoms with Gasteiger partial charge in [0.25, 0.3) is 10.0 Å². The molecule has 0 saturated heterocycles. The lowest BCUT2D eigenvalue weighted by Crippen LogP contribution is -2.38. The topological polar surface area (TPSA) is 106 Å². The Labute approximate surface area is 123 Å². The van der Waals surface area contributed by atoms with Crippen LogP contribution in [-0.4, -0.2) is 26.2 Å². The van der Waals surface area contributed by atoms with Crippen LogP contribution in [0.5, 0.6) is 0 Å². The molecular weight excluding hydrogens is 292 g/mol. The molecule has 1 heterocycles. The fourth-order valence-corrected chi connectivity index (χ4v) is 3.11. The average molecular weight is 310 g/mol. The van der Waals surface area contributed by atoms with Gasteiger partial charge in [0.1, 0.15) is 5.76 Å². The highest BCUT2D eigenvalue weighted by atomic mass is 32.2. The summed E-state index contributed by atoms with van der Waals surface area (Å²) in [5.41, 5.74) is 6.32. The summed E-state index contributed by atoms with van der Waals surface area (Å²) >= 11 is 0. The highest BCUT2D eigenvalue weighted by Crippen LogP contribution is 2.14. The SMILES string of the molecule is NCc1ccc(S(=O)(=O)NC(CO)Cc2ccccc2)o1. The zero-order valence-electron chi connectivity index (χ0n) is 11.4. The summed E-state index contributed by atoms with van der Waals surface area (Å²) < 4.78 is 31.9. The Morgan fingerprint density at radius 3 is 2.48 bits per heavy atom. The molecule has 1 unspecified atom stereocenters. The Kier molecular flexibility index (Phi) is 5.13. The van der Waals surface area contributed by atoms with E-state index in [0.717, 1.165) is 5.56 Å². The van der Waals surface area contributed by atoms with Crippen LogP contribution in [0.3, 0.4) is 0 Å². The van der Waals surface area contributed by atoms with Gasteiger partial charge >= 0.3 is 0 Å². The minimum Gasteiger partial charge on any atom is -0.447 e. The standard InChI is InChI=1S/C14H18N2O4S/c15-9-13-6-7-14(20-13)21(18,19)16-12(10-17)8-11-4-2-1-3-5-11/h1-7,12,16-17H,8-10,15H2. The minimum absolute atomic E-state index is 0.128. The molecule has 0 spiro atoms. The van der Waals surface area contributed by atoms with Crippen molar-refractivity contribution in [3.8, 4) is 0 Å². The van der Waals surface area contributed by atoms with Gasteiger partial charge < -0.3 is 15.3 Å². The lowest BCUT2D eigenvalue weighted by molar-refractivity contribution is 0.255. The maximum Gasteiger partial charge on any atom is 0.274 e. The van der Waals surface area contributed by atoms with Gasteiger partial charge in [-0.2, -0.15) is 0 Å². The van der Waals surface area contributed by atoms with Gasteiger partial charge in [-0.15, -0.1) is 0 Å². The summed E-state index contributed by atoms with van der Waals surface area (Å²) in [6.07, 6.45) is 0.390. The maximum absolute atomic E-state index is 12.2. The van der Waals surface area contributed by atoms with E-state index < -0.39 is 16.1 Å². The Morgan fingerprint density at radius 1 is 1.19 bits per heavy atom. The van der Waals surface area contributed by atoms with Crippen molar-refractivity contribution in [2.24, 2.45) is 5.73 Å². The van der Waals surface area contributed by atoms with E-state index in [4.69, 9.17) is 10.2 Å². The van der Waals surface area contributed by atoms with Crippen molar-refractivity contribution >= 4 is 10.0 Å². The van der Waals surface area contributed by atoms with Gasteiger partial charge in [0.05, 0.1) is 13.2 Å². The summed E-state index contributed by atoms with van der Waals surface area (Å²) in [5, 5.41) is 9.17. The van der Waals surface area contributed by atoms with E-state index in [1.165, 1.54) is 12.1 Å². The van der Waals surface area contributed by atoms with Gasteiger partial charge in [-0.3, -0.25) is 0 Å². The van der Waals surface area contributed by atoms with Crippen LogP contribution < -0.4 is 10.5 Å². The second-order valence-corrected chi connectivity index (χ2v) is 6.26. The van der Waals surface area contributed by atoms with Crippen molar-refractivity contribution in [2.75, 3.05) is 6.61 Å². The predicted molar refractivity (Wildman–Crippen MR) is 77.9 cm³/mol. The first-order chi connectivity index (χ1) is 10.0. The molecule has 2 rings (SSSR count). The molecule has 0 aliphatic heterocycles.